The lowest BCUT2D eigenvalue weighted by atomic mass is 10.1. The fraction of sp³-hybridized carbons (Fsp3) is 0.182. The first-order valence-electron chi connectivity index (χ1n) is 9.15. The molecule has 1 aliphatic rings. The Morgan fingerprint density at radius 2 is 1.79 bits per heavy atom. The molecule has 0 bridgehead atoms. The van der Waals surface area contributed by atoms with Crippen molar-refractivity contribution in [2.75, 3.05) is 41.6 Å². The third-order valence-electron chi connectivity index (χ3n) is 4.98. The van der Waals surface area contributed by atoms with Gasteiger partial charge in [0.15, 0.2) is 0 Å². The van der Waals surface area contributed by atoms with Crippen molar-refractivity contribution in [1.29, 1.82) is 0 Å². The van der Waals surface area contributed by atoms with Crippen LogP contribution in [0.2, 0.25) is 0 Å². The maximum Gasteiger partial charge on any atom is 0.255 e. The highest BCUT2D eigenvalue weighted by atomic mass is 16.1. The monoisotopic (exact) mass is 373 g/mol. The van der Waals surface area contributed by atoms with Gasteiger partial charge in [0.2, 0.25) is 0 Å². The standard InChI is InChI=1S/C22H23N5O/c1-26(2)18-7-4-15(5-8-18)21-25-19-9-6-16(14-20(19)27(21)3)22(28)24-17-10-12-23-13-11-17/h4-14,21,25H,1-3H3,(H,23,24,28). The first-order chi connectivity index (χ1) is 13.5. The van der Waals surface area contributed by atoms with E-state index < -0.39 is 0 Å². The van der Waals surface area contributed by atoms with Crippen molar-refractivity contribution in [2.24, 2.45) is 0 Å². The maximum absolute atomic E-state index is 12.6. The first kappa shape index (κ1) is 17.9. The normalized spacial score (nSPS) is 15.0. The molecule has 4 rings (SSSR count). The molecule has 6 nitrogen and oxygen atoms in total. The van der Waals surface area contributed by atoms with Crippen molar-refractivity contribution < 1.29 is 4.79 Å². The Hall–Kier alpha value is -3.54. The smallest absolute Gasteiger partial charge is 0.255 e. The van der Waals surface area contributed by atoms with Crippen LogP contribution in [0.15, 0.2) is 67.0 Å². The molecule has 1 amide bonds. The van der Waals surface area contributed by atoms with Crippen molar-refractivity contribution in [3.8, 4) is 0 Å². The molecule has 6 heteroatoms. The molecule has 2 N–H and O–H groups in total. The van der Waals surface area contributed by atoms with E-state index in [9.17, 15) is 4.79 Å². The number of nitrogens with one attached hydrogen (secondary N) is 2. The highest BCUT2D eigenvalue weighted by Crippen LogP contribution is 2.40. The molecule has 1 atom stereocenters. The van der Waals surface area contributed by atoms with Crippen molar-refractivity contribution in [3.05, 3.63) is 78.1 Å². The number of amides is 1. The second kappa shape index (κ2) is 7.23. The molecular weight excluding hydrogens is 350 g/mol. The minimum atomic E-state index is -0.138. The second-order valence-electron chi connectivity index (χ2n) is 7.07. The molecule has 0 saturated carbocycles. The van der Waals surface area contributed by atoms with E-state index in [1.165, 1.54) is 5.56 Å². The van der Waals surface area contributed by atoms with Gasteiger partial charge in [-0.3, -0.25) is 9.78 Å². The second-order valence-corrected chi connectivity index (χ2v) is 7.07. The van der Waals surface area contributed by atoms with E-state index in [-0.39, 0.29) is 12.1 Å². The molecular formula is C22H23N5O. The minimum Gasteiger partial charge on any atom is -0.378 e. The molecule has 2 heterocycles. The predicted molar refractivity (Wildman–Crippen MR) is 114 cm³/mol. The summed E-state index contributed by atoms with van der Waals surface area (Å²) >= 11 is 0. The maximum atomic E-state index is 12.6. The van der Waals surface area contributed by atoms with Gasteiger partial charge in [0.1, 0.15) is 6.17 Å². The van der Waals surface area contributed by atoms with Crippen LogP contribution < -0.4 is 20.4 Å². The molecule has 3 aromatic rings. The highest BCUT2D eigenvalue weighted by Gasteiger charge is 2.27. The van der Waals surface area contributed by atoms with Gasteiger partial charge in [-0.15, -0.1) is 0 Å². The number of fused-ring (bicyclic) bond motifs is 1. The van der Waals surface area contributed by atoms with Crippen LogP contribution in [0.1, 0.15) is 22.1 Å². The summed E-state index contributed by atoms with van der Waals surface area (Å²) in [4.78, 5) is 20.8. The third kappa shape index (κ3) is 3.36. The summed E-state index contributed by atoms with van der Waals surface area (Å²) in [5.41, 5.74) is 5.71. The lowest BCUT2D eigenvalue weighted by Crippen LogP contribution is -2.23. The summed E-state index contributed by atoms with van der Waals surface area (Å²) < 4.78 is 0. The van der Waals surface area contributed by atoms with E-state index in [1.54, 1.807) is 24.5 Å². The zero-order valence-corrected chi connectivity index (χ0v) is 16.2. The number of rotatable bonds is 4. The van der Waals surface area contributed by atoms with Crippen LogP contribution in [0, 0.1) is 0 Å². The number of benzene rings is 2. The number of carbonyl (C=O) groups excluding carboxylic acids is 1. The SMILES string of the molecule is CN(C)c1ccc(C2Nc3ccc(C(=O)Nc4ccncc4)cc3N2C)cc1. The number of hydrogen-bond acceptors (Lipinski definition) is 5. The van der Waals surface area contributed by atoms with Crippen LogP contribution >= 0.6 is 0 Å². The zero-order chi connectivity index (χ0) is 19.7. The van der Waals surface area contributed by atoms with E-state index in [0.29, 0.717) is 5.56 Å². The number of anilines is 4. The molecule has 142 valence electrons. The minimum absolute atomic E-state index is 0.0321. The average Bonchev–Trinajstić information content (AvgIpc) is 3.05. The molecule has 1 aromatic heterocycles. The van der Waals surface area contributed by atoms with Crippen LogP contribution in [-0.2, 0) is 0 Å². The lowest BCUT2D eigenvalue weighted by Gasteiger charge is -2.23. The van der Waals surface area contributed by atoms with Crippen LogP contribution in [0.3, 0.4) is 0 Å². The van der Waals surface area contributed by atoms with Gasteiger partial charge in [0.05, 0.1) is 11.4 Å². The Balaban J connectivity index is 1.54. The number of aromatic nitrogens is 1. The number of pyridine rings is 1. The summed E-state index contributed by atoms with van der Waals surface area (Å²) in [7, 11) is 6.10. The Labute approximate surface area is 164 Å². The number of carbonyl (C=O) groups is 1. The number of nitrogens with zero attached hydrogens (tertiary/aromatic N) is 3. The van der Waals surface area contributed by atoms with Crippen molar-refractivity contribution in [1.82, 2.24) is 4.98 Å². The van der Waals surface area contributed by atoms with Gasteiger partial charge in [-0.05, 0) is 48.0 Å². The van der Waals surface area contributed by atoms with Gasteiger partial charge in [0.25, 0.3) is 5.91 Å². The van der Waals surface area contributed by atoms with Crippen LogP contribution in [0.4, 0.5) is 22.7 Å². The van der Waals surface area contributed by atoms with Gasteiger partial charge in [0, 0.05) is 50.5 Å². The van der Waals surface area contributed by atoms with Gasteiger partial charge in [-0.2, -0.15) is 0 Å². The average molecular weight is 373 g/mol. The van der Waals surface area contributed by atoms with E-state index in [2.05, 4.69) is 49.7 Å². The van der Waals surface area contributed by atoms with Gasteiger partial charge < -0.3 is 20.4 Å². The first-order valence-corrected chi connectivity index (χ1v) is 9.15. The molecule has 1 unspecified atom stereocenters. The predicted octanol–water partition coefficient (Wildman–Crippen LogP) is 3.96. The fourth-order valence-corrected chi connectivity index (χ4v) is 3.37. The summed E-state index contributed by atoms with van der Waals surface area (Å²) in [6, 6.07) is 17.8. The lowest BCUT2D eigenvalue weighted by molar-refractivity contribution is 0.102. The van der Waals surface area contributed by atoms with Crippen LogP contribution in [-0.4, -0.2) is 32.0 Å². The summed E-state index contributed by atoms with van der Waals surface area (Å²) in [6.45, 7) is 0. The van der Waals surface area contributed by atoms with Gasteiger partial charge >= 0.3 is 0 Å². The molecule has 2 aromatic carbocycles. The van der Waals surface area contributed by atoms with E-state index >= 15 is 0 Å². The highest BCUT2D eigenvalue weighted by molar-refractivity contribution is 6.05. The topological polar surface area (TPSA) is 60.5 Å². The molecule has 1 aliphatic heterocycles. The van der Waals surface area contributed by atoms with Crippen molar-refractivity contribution >= 4 is 28.7 Å². The van der Waals surface area contributed by atoms with E-state index in [4.69, 9.17) is 0 Å². The van der Waals surface area contributed by atoms with Crippen LogP contribution in [0.5, 0.6) is 0 Å². The Morgan fingerprint density at radius 1 is 1.07 bits per heavy atom. The summed E-state index contributed by atoms with van der Waals surface area (Å²) in [6.07, 6.45) is 3.34. The fourth-order valence-electron chi connectivity index (χ4n) is 3.37. The molecule has 0 radical (unpaired) electrons. The van der Waals surface area contributed by atoms with Crippen molar-refractivity contribution in [2.45, 2.75) is 6.17 Å². The molecule has 0 fully saturated rings. The number of hydrogen-bond donors (Lipinski definition) is 2. The Morgan fingerprint density at radius 3 is 2.46 bits per heavy atom. The Kier molecular flexibility index (Phi) is 4.61. The summed E-state index contributed by atoms with van der Waals surface area (Å²) in [5, 5.41) is 6.44. The third-order valence-corrected chi connectivity index (χ3v) is 4.98. The van der Waals surface area contributed by atoms with Gasteiger partial charge in [-0.1, -0.05) is 12.1 Å². The molecule has 0 aliphatic carbocycles. The molecule has 0 spiro atoms. The van der Waals surface area contributed by atoms with Gasteiger partial charge in [-0.25, -0.2) is 0 Å². The Bertz CT molecular complexity index is 986. The summed E-state index contributed by atoms with van der Waals surface area (Å²) in [5.74, 6) is -0.138. The zero-order valence-electron chi connectivity index (χ0n) is 16.2. The van der Waals surface area contributed by atoms with Crippen LogP contribution in [0.25, 0.3) is 0 Å². The van der Waals surface area contributed by atoms with E-state index in [0.717, 1.165) is 22.7 Å². The quantitative estimate of drug-likeness (QED) is 0.725. The van der Waals surface area contributed by atoms with E-state index in [1.807, 2.05) is 39.3 Å². The molecule has 0 saturated heterocycles. The molecule has 28 heavy (non-hydrogen) atoms. The largest absolute Gasteiger partial charge is 0.378 e. The van der Waals surface area contributed by atoms with Crippen molar-refractivity contribution in [3.63, 3.8) is 0 Å².